The molecule has 2 aliphatic heterocycles. The van der Waals surface area contributed by atoms with Gasteiger partial charge < -0.3 is 14.4 Å². The fraction of sp³-hybridized carbons (Fsp3) is 0.529. The number of carbonyl (C=O) groups is 1. The van der Waals surface area contributed by atoms with Gasteiger partial charge in [0.05, 0.1) is 30.2 Å². The van der Waals surface area contributed by atoms with Gasteiger partial charge in [-0.05, 0) is 24.3 Å². The number of hydrogen-bond donors (Lipinski definition) is 0. The minimum atomic E-state index is -0.134. The number of amides is 1. The molecule has 0 saturated carbocycles. The van der Waals surface area contributed by atoms with Crippen molar-refractivity contribution in [3.05, 3.63) is 28.6 Å². The summed E-state index contributed by atoms with van der Waals surface area (Å²) in [5, 5.41) is 5.04. The first kappa shape index (κ1) is 16.2. The number of ether oxygens (including phenoxy) is 2. The number of aromatic nitrogens is 1. The SMILES string of the molecule is O=C(Cc1csc(-c2cccs2)n1)N1CCCC(C2OCCO2)C1. The molecule has 2 aliphatic rings. The average Bonchev–Trinajstić information content (AvgIpc) is 3.36. The molecule has 0 spiro atoms. The Morgan fingerprint density at radius 2 is 2.21 bits per heavy atom. The molecule has 0 aromatic carbocycles. The smallest absolute Gasteiger partial charge is 0.228 e. The summed E-state index contributed by atoms with van der Waals surface area (Å²) < 4.78 is 11.2. The van der Waals surface area contributed by atoms with Crippen LogP contribution in [0, 0.1) is 5.92 Å². The van der Waals surface area contributed by atoms with Gasteiger partial charge >= 0.3 is 0 Å². The van der Waals surface area contributed by atoms with Crippen molar-refractivity contribution < 1.29 is 14.3 Å². The lowest BCUT2D eigenvalue weighted by atomic mass is 9.97. The number of hydrogen-bond acceptors (Lipinski definition) is 6. The van der Waals surface area contributed by atoms with E-state index in [0.29, 0.717) is 25.6 Å². The van der Waals surface area contributed by atoms with Gasteiger partial charge in [-0.3, -0.25) is 4.79 Å². The van der Waals surface area contributed by atoms with Crippen molar-refractivity contribution in [2.24, 2.45) is 5.92 Å². The van der Waals surface area contributed by atoms with Crippen LogP contribution >= 0.6 is 22.7 Å². The Kier molecular flexibility index (Phi) is 4.93. The topological polar surface area (TPSA) is 51.7 Å². The molecule has 4 heterocycles. The van der Waals surface area contributed by atoms with E-state index >= 15 is 0 Å². The summed E-state index contributed by atoms with van der Waals surface area (Å²) in [5.41, 5.74) is 0.865. The summed E-state index contributed by atoms with van der Waals surface area (Å²) in [6.07, 6.45) is 2.32. The van der Waals surface area contributed by atoms with Crippen LogP contribution in [0.4, 0.5) is 0 Å². The van der Waals surface area contributed by atoms with Gasteiger partial charge in [-0.25, -0.2) is 4.98 Å². The summed E-state index contributed by atoms with van der Waals surface area (Å²) in [4.78, 5) is 20.4. The lowest BCUT2D eigenvalue weighted by Crippen LogP contribution is -2.44. The van der Waals surface area contributed by atoms with Crippen LogP contribution in [0.25, 0.3) is 9.88 Å². The van der Waals surface area contributed by atoms with Gasteiger partial charge in [-0.15, -0.1) is 22.7 Å². The standard InChI is InChI=1S/C17H20N2O3S2/c20-15(9-13-11-24-16(18-13)14-4-2-8-23-14)19-5-1-3-12(10-19)17-21-6-7-22-17/h2,4,8,11-12,17H,1,3,5-7,9-10H2. The summed E-state index contributed by atoms with van der Waals surface area (Å²) in [6.45, 7) is 2.88. The van der Waals surface area contributed by atoms with Crippen LogP contribution in [-0.4, -0.2) is 48.4 Å². The Bertz CT molecular complexity index is 680. The number of rotatable bonds is 4. The maximum absolute atomic E-state index is 12.6. The summed E-state index contributed by atoms with van der Waals surface area (Å²) in [7, 11) is 0. The monoisotopic (exact) mass is 364 g/mol. The first-order valence-corrected chi connectivity index (χ1v) is 10.0. The number of carbonyl (C=O) groups excluding carboxylic acids is 1. The van der Waals surface area contributed by atoms with Gasteiger partial charge in [0, 0.05) is 24.4 Å². The first-order chi connectivity index (χ1) is 11.8. The van der Waals surface area contributed by atoms with E-state index in [4.69, 9.17) is 9.47 Å². The van der Waals surface area contributed by atoms with Crippen LogP contribution in [0.3, 0.4) is 0 Å². The minimum absolute atomic E-state index is 0.134. The van der Waals surface area contributed by atoms with Crippen molar-refractivity contribution in [1.82, 2.24) is 9.88 Å². The van der Waals surface area contributed by atoms with Crippen LogP contribution in [0.5, 0.6) is 0 Å². The zero-order valence-corrected chi connectivity index (χ0v) is 15.0. The molecular formula is C17H20N2O3S2. The number of thiophene rings is 1. The maximum Gasteiger partial charge on any atom is 0.228 e. The van der Waals surface area contributed by atoms with Crippen molar-refractivity contribution >= 4 is 28.6 Å². The van der Waals surface area contributed by atoms with E-state index in [9.17, 15) is 4.79 Å². The largest absolute Gasteiger partial charge is 0.350 e. The number of likely N-dealkylation sites (tertiary alicyclic amines) is 1. The van der Waals surface area contributed by atoms with E-state index in [0.717, 1.165) is 41.5 Å². The molecule has 1 amide bonds. The van der Waals surface area contributed by atoms with Gasteiger partial charge in [-0.2, -0.15) is 0 Å². The van der Waals surface area contributed by atoms with Gasteiger partial charge in [0.2, 0.25) is 5.91 Å². The Morgan fingerprint density at radius 3 is 3.00 bits per heavy atom. The van der Waals surface area contributed by atoms with Crippen molar-refractivity contribution in [3.8, 4) is 9.88 Å². The van der Waals surface area contributed by atoms with E-state index < -0.39 is 0 Å². The van der Waals surface area contributed by atoms with Crippen LogP contribution in [0.1, 0.15) is 18.5 Å². The van der Waals surface area contributed by atoms with Crippen LogP contribution in [0.15, 0.2) is 22.9 Å². The van der Waals surface area contributed by atoms with Crippen molar-refractivity contribution in [2.45, 2.75) is 25.6 Å². The molecule has 0 N–H and O–H groups in total. The number of nitrogens with zero attached hydrogens (tertiary/aromatic N) is 2. The molecule has 2 saturated heterocycles. The van der Waals surface area contributed by atoms with E-state index in [1.165, 1.54) is 0 Å². The van der Waals surface area contributed by atoms with Crippen LogP contribution in [0.2, 0.25) is 0 Å². The molecule has 7 heteroatoms. The fourth-order valence-electron chi connectivity index (χ4n) is 3.28. The highest BCUT2D eigenvalue weighted by molar-refractivity contribution is 7.20. The summed E-state index contributed by atoms with van der Waals surface area (Å²) >= 11 is 3.28. The second-order valence-electron chi connectivity index (χ2n) is 6.15. The normalized spacial score (nSPS) is 22.2. The molecule has 24 heavy (non-hydrogen) atoms. The van der Waals surface area contributed by atoms with Crippen molar-refractivity contribution in [2.75, 3.05) is 26.3 Å². The molecule has 5 nitrogen and oxygen atoms in total. The quantitative estimate of drug-likeness (QED) is 0.837. The minimum Gasteiger partial charge on any atom is -0.350 e. The molecule has 128 valence electrons. The van der Waals surface area contributed by atoms with E-state index in [1.807, 2.05) is 21.7 Å². The summed E-state index contributed by atoms with van der Waals surface area (Å²) in [5.74, 6) is 0.447. The zero-order chi connectivity index (χ0) is 16.4. The molecule has 1 unspecified atom stereocenters. The molecule has 2 aromatic rings. The maximum atomic E-state index is 12.6. The zero-order valence-electron chi connectivity index (χ0n) is 13.3. The predicted octanol–water partition coefficient (Wildman–Crippen LogP) is 3.03. The van der Waals surface area contributed by atoms with Gasteiger partial charge in [0.1, 0.15) is 5.01 Å². The fourth-order valence-corrected chi connectivity index (χ4v) is 4.91. The molecule has 2 aromatic heterocycles. The highest BCUT2D eigenvalue weighted by Crippen LogP contribution is 2.29. The second-order valence-corrected chi connectivity index (χ2v) is 7.96. The Balaban J connectivity index is 1.37. The van der Waals surface area contributed by atoms with Gasteiger partial charge in [-0.1, -0.05) is 6.07 Å². The second kappa shape index (κ2) is 7.31. The van der Waals surface area contributed by atoms with E-state index in [1.54, 1.807) is 22.7 Å². The van der Waals surface area contributed by atoms with Crippen molar-refractivity contribution in [1.29, 1.82) is 0 Å². The molecule has 0 bridgehead atoms. The average molecular weight is 364 g/mol. The molecule has 0 radical (unpaired) electrons. The molecule has 1 atom stereocenters. The number of thiazole rings is 1. The van der Waals surface area contributed by atoms with E-state index in [-0.39, 0.29) is 12.2 Å². The number of piperidine rings is 1. The van der Waals surface area contributed by atoms with Gasteiger partial charge in [0.15, 0.2) is 6.29 Å². The summed E-state index contributed by atoms with van der Waals surface area (Å²) in [6, 6.07) is 4.08. The van der Waals surface area contributed by atoms with Crippen LogP contribution in [-0.2, 0) is 20.7 Å². The van der Waals surface area contributed by atoms with E-state index in [2.05, 4.69) is 11.1 Å². The first-order valence-electron chi connectivity index (χ1n) is 8.29. The Hall–Kier alpha value is -1.28. The molecular weight excluding hydrogens is 344 g/mol. The third kappa shape index (κ3) is 3.54. The lowest BCUT2D eigenvalue weighted by Gasteiger charge is -2.34. The Labute approximate surface area is 149 Å². The third-order valence-corrected chi connectivity index (χ3v) is 6.39. The van der Waals surface area contributed by atoms with Crippen molar-refractivity contribution in [3.63, 3.8) is 0 Å². The Morgan fingerprint density at radius 1 is 1.33 bits per heavy atom. The molecule has 0 aliphatic carbocycles. The predicted molar refractivity (Wildman–Crippen MR) is 94.1 cm³/mol. The lowest BCUT2D eigenvalue weighted by molar-refractivity contribution is -0.138. The third-order valence-electron chi connectivity index (χ3n) is 4.46. The van der Waals surface area contributed by atoms with Crippen LogP contribution < -0.4 is 0 Å². The molecule has 4 rings (SSSR count). The van der Waals surface area contributed by atoms with Gasteiger partial charge in [0.25, 0.3) is 0 Å². The highest BCUT2D eigenvalue weighted by Gasteiger charge is 2.32. The molecule has 2 fully saturated rings. The highest BCUT2D eigenvalue weighted by atomic mass is 32.1.